The van der Waals surface area contributed by atoms with Gasteiger partial charge in [0.25, 0.3) is 0 Å². The van der Waals surface area contributed by atoms with Crippen molar-refractivity contribution in [2.45, 2.75) is 59.5 Å². The van der Waals surface area contributed by atoms with Crippen molar-refractivity contribution in [3.63, 3.8) is 0 Å². The Morgan fingerprint density at radius 2 is 2.06 bits per heavy atom. The number of hydrogen-bond donors (Lipinski definition) is 1. The van der Waals surface area contributed by atoms with Crippen molar-refractivity contribution in [1.82, 2.24) is 5.32 Å². The molecule has 1 fully saturated rings. The maximum Gasteiger partial charge on any atom is 0.0210 e. The van der Waals surface area contributed by atoms with Crippen LogP contribution in [0.5, 0.6) is 0 Å². The Balaban J connectivity index is 1.92. The lowest BCUT2D eigenvalue weighted by Crippen LogP contribution is -2.27. The molecular formula is C16H25N. The monoisotopic (exact) mass is 231 g/mol. The van der Waals surface area contributed by atoms with Crippen LogP contribution in [0.4, 0.5) is 0 Å². The normalized spacial score (nSPS) is 22.9. The second-order valence-corrected chi connectivity index (χ2v) is 6.41. The largest absolute Gasteiger partial charge is 0.310 e. The van der Waals surface area contributed by atoms with E-state index >= 15 is 0 Å². The van der Waals surface area contributed by atoms with Gasteiger partial charge in [-0.3, -0.25) is 0 Å². The molecule has 0 aliphatic heterocycles. The highest BCUT2D eigenvalue weighted by molar-refractivity contribution is 5.30. The molecule has 0 aromatic heterocycles. The van der Waals surface area contributed by atoms with E-state index in [1.165, 1.54) is 36.0 Å². The van der Waals surface area contributed by atoms with Crippen molar-refractivity contribution < 1.29 is 0 Å². The van der Waals surface area contributed by atoms with Crippen LogP contribution in [0.3, 0.4) is 0 Å². The van der Waals surface area contributed by atoms with Crippen LogP contribution in [0.25, 0.3) is 0 Å². The summed E-state index contributed by atoms with van der Waals surface area (Å²) in [6.45, 7) is 10.2. The van der Waals surface area contributed by atoms with Crippen LogP contribution in [0.2, 0.25) is 0 Å². The Morgan fingerprint density at radius 1 is 1.29 bits per heavy atom. The van der Waals surface area contributed by atoms with Crippen LogP contribution < -0.4 is 5.32 Å². The van der Waals surface area contributed by atoms with Gasteiger partial charge in [0.05, 0.1) is 0 Å². The first-order valence-corrected chi connectivity index (χ1v) is 6.76. The molecule has 2 rings (SSSR count). The molecule has 0 bridgehead atoms. The van der Waals surface area contributed by atoms with E-state index in [0.29, 0.717) is 11.5 Å². The van der Waals surface area contributed by atoms with Crippen molar-refractivity contribution in [2.24, 2.45) is 5.41 Å². The van der Waals surface area contributed by atoms with Crippen molar-refractivity contribution in [2.75, 3.05) is 0 Å². The minimum atomic E-state index is 0.541. The highest BCUT2D eigenvalue weighted by Gasteiger charge is 2.30. The van der Waals surface area contributed by atoms with E-state index in [1.54, 1.807) is 0 Å². The number of rotatable bonds is 3. The van der Waals surface area contributed by atoms with Crippen molar-refractivity contribution in [3.05, 3.63) is 34.9 Å². The van der Waals surface area contributed by atoms with Gasteiger partial charge in [0, 0.05) is 12.6 Å². The molecule has 1 atom stereocenters. The Morgan fingerprint density at radius 3 is 2.71 bits per heavy atom. The van der Waals surface area contributed by atoms with E-state index in [4.69, 9.17) is 0 Å². The SMILES string of the molecule is Cc1ccc(C)c(CNC2CCC(C)(C)C2)c1. The molecule has 0 spiro atoms. The molecule has 0 heterocycles. The van der Waals surface area contributed by atoms with E-state index in [2.05, 4.69) is 51.2 Å². The molecule has 1 unspecified atom stereocenters. The summed E-state index contributed by atoms with van der Waals surface area (Å²) in [4.78, 5) is 0. The van der Waals surface area contributed by atoms with E-state index < -0.39 is 0 Å². The average molecular weight is 231 g/mol. The molecule has 0 amide bonds. The maximum atomic E-state index is 3.72. The number of hydrogen-bond acceptors (Lipinski definition) is 1. The van der Waals surface area contributed by atoms with Crippen molar-refractivity contribution in [3.8, 4) is 0 Å². The summed E-state index contributed by atoms with van der Waals surface area (Å²) in [7, 11) is 0. The summed E-state index contributed by atoms with van der Waals surface area (Å²) in [5.74, 6) is 0. The zero-order valence-corrected chi connectivity index (χ0v) is 11.6. The van der Waals surface area contributed by atoms with Gasteiger partial charge in [0.2, 0.25) is 0 Å². The van der Waals surface area contributed by atoms with E-state index in [1.807, 2.05) is 0 Å². The first kappa shape index (κ1) is 12.6. The Kier molecular flexibility index (Phi) is 3.58. The van der Waals surface area contributed by atoms with Crippen LogP contribution in [-0.4, -0.2) is 6.04 Å². The van der Waals surface area contributed by atoms with Crippen LogP contribution in [-0.2, 0) is 6.54 Å². The molecule has 17 heavy (non-hydrogen) atoms. The van der Waals surface area contributed by atoms with Gasteiger partial charge in [-0.15, -0.1) is 0 Å². The Labute approximate surface area is 106 Å². The maximum absolute atomic E-state index is 3.72. The summed E-state index contributed by atoms with van der Waals surface area (Å²) in [5.41, 5.74) is 4.76. The highest BCUT2D eigenvalue weighted by atomic mass is 14.9. The molecule has 1 aliphatic rings. The van der Waals surface area contributed by atoms with Gasteiger partial charge in [-0.1, -0.05) is 37.6 Å². The topological polar surface area (TPSA) is 12.0 Å². The fourth-order valence-corrected chi connectivity index (χ4v) is 2.86. The fourth-order valence-electron chi connectivity index (χ4n) is 2.86. The quantitative estimate of drug-likeness (QED) is 0.830. The Hall–Kier alpha value is -0.820. The average Bonchev–Trinajstić information content (AvgIpc) is 2.60. The zero-order valence-electron chi connectivity index (χ0n) is 11.6. The van der Waals surface area contributed by atoms with E-state index in [9.17, 15) is 0 Å². The standard InChI is InChI=1S/C16H25N/c1-12-5-6-13(2)14(9-12)11-17-15-7-8-16(3,4)10-15/h5-6,9,15,17H,7-8,10-11H2,1-4H3. The number of nitrogens with one attached hydrogen (secondary N) is 1. The lowest BCUT2D eigenvalue weighted by Gasteiger charge is -2.18. The summed E-state index contributed by atoms with van der Waals surface area (Å²) in [6, 6.07) is 7.44. The summed E-state index contributed by atoms with van der Waals surface area (Å²) >= 11 is 0. The molecule has 1 N–H and O–H groups in total. The van der Waals surface area contributed by atoms with Gasteiger partial charge in [-0.05, 0) is 49.7 Å². The molecule has 0 saturated heterocycles. The second-order valence-electron chi connectivity index (χ2n) is 6.41. The van der Waals surface area contributed by atoms with Crippen LogP contribution in [0.1, 0.15) is 49.8 Å². The van der Waals surface area contributed by atoms with Gasteiger partial charge in [-0.25, -0.2) is 0 Å². The minimum absolute atomic E-state index is 0.541. The lowest BCUT2D eigenvalue weighted by atomic mass is 9.92. The summed E-state index contributed by atoms with van der Waals surface area (Å²) in [5, 5.41) is 3.72. The highest BCUT2D eigenvalue weighted by Crippen LogP contribution is 2.37. The van der Waals surface area contributed by atoms with Crippen LogP contribution in [0.15, 0.2) is 18.2 Å². The molecule has 1 aromatic rings. The summed E-state index contributed by atoms with van der Waals surface area (Å²) in [6.07, 6.45) is 4.01. The van der Waals surface area contributed by atoms with Gasteiger partial charge >= 0.3 is 0 Å². The third-order valence-electron chi connectivity index (χ3n) is 4.05. The molecule has 0 radical (unpaired) electrons. The van der Waals surface area contributed by atoms with Crippen LogP contribution >= 0.6 is 0 Å². The molecule has 94 valence electrons. The molecule has 1 aliphatic carbocycles. The van der Waals surface area contributed by atoms with E-state index in [-0.39, 0.29) is 0 Å². The first-order valence-electron chi connectivity index (χ1n) is 6.76. The second kappa shape index (κ2) is 4.81. The van der Waals surface area contributed by atoms with Gasteiger partial charge in [0.15, 0.2) is 0 Å². The van der Waals surface area contributed by atoms with Crippen LogP contribution in [0, 0.1) is 19.3 Å². The van der Waals surface area contributed by atoms with E-state index in [0.717, 1.165) is 6.54 Å². The van der Waals surface area contributed by atoms with Crippen molar-refractivity contribution >= 4 is 0 Å². The lowest BCUT2D eigenvalue weighted by molar-refractivity contribution is 0.364. The third-order valence-corrected chi connectivity index (χ3v) is 4.05. The van der Waals surface area contributed by atoms with Gasteiger partial charge < -0.3 is 5.32 Å². The summed E-state index contributed by atoms with van der Waals surface area (Å²) < 4.78 is 0. The molecule has 1 nitrogen and oxygen atoms in total. The predicted octanol–water partition coefficient (Wildman–Crippen LogP) is 3.97. The first-order chi connectivity index (χ1) is 7.96. The number of benzene rings is 1. The fraction of sp³-hybridized carbons (Fsp3) is 0.625. The molecule has 1 saturated carbocycles. The predicted molar refractivity (Wildman–Crippen MR) is 74.2 cm³/mol. The molecule has 1 aromatic carbocycles. The zero-order chi connectivity index (χ0) is 12.5. The Bertz CT molecular complexity index is 393. The molecule has 1 heteroatoms. The van der Waals surface area contributed by atoms with Gasteiger partial charge in [0.1, 0.15) is 0 Å². The minimum Gasteiger partial charge on any atom is -0.310 e. The van der Waals surface area contributed by atoms with Crippen molar-refractivity contribution in [1.29, 1.82) is 0 Å². The number of aryl methyl sites for hydroxylation is 2. The molecular weight excluding hydrogens is 206 g/mol. The van der Waals surface area contributed by atoms with Gasteiger partial charge in [-0.2, -0.15) is 0 Å². The smallest absolute Gasteiger partial charge is 0.0210 e. The third kappa shape index (κ3) is 3.32.